The van der Waals surface area contributed by atoms with Gasteiger partial charge in [0.1, 0.15) is 0 Å². The van der Waals surface area contributed by atoms with E-state index in [1.54, 1.807) is 0 Å². The summed E-state index contributed by atoms with van der Waals surface area (Å²) in [4.78, 5) is 9.57. The van der Waals surface area contributed by atoms with Crippen molar-refractivity contribution >= 4 is 65.8 Å². The molecule has 0 saturated carbocycles. The molecule has 0 atom stereocenters. The molecule has 0 unspecified atom stereocenters. The average molecular weight is 653 g/mol. The lowest BCUT2D eigenvalue weighted by Crippen LogP contribution is -1.92. The number of nitrogens with zero attached hydrogens (tertiary/aromatic N) is 4. The fourth-order valence-corrected chi connectivity index (χ4v) is 7.88. The van der Waals surface area contributed by atoms with Gasteiger partial charge in [0.25, 0.3) is 0 Å². The van der Waals surface area contributed by atoms with Crippen LogP contribution in [0, 0.1) is 0 Å². The standard InChI is InChI=1S/C46H28N4O/c1-3-11-33(12-4-1)49-41-17-9-7-15-35(41)37-23-29(19-21-43(37)49)31-25-39-40-26-32(28-48-46(40)51-45(39)47-27-31)30-20-22-44-38(24-30)36-16-8-10-18-42(36)50(44)34-13-5-2-6-14-34/h1-28H. The predicted molar refractivity (Wildman–Crippen MR) is 209 cm³/mol. The highest BCUT2D eigenvalue weighted by Crippen LogP contribution is 2.39. The van der Waals surface area contributed by atoms with Gasteiger partial charge >= 0.3 is 0 Å². The van der Waals surface area contributed by atoms with Crippen LogP contribution < -0.4 is 0 Å². The number of aromatic nitrogens is 4. The van der Waals surface area contributed by atoms with Crippen molar-refractivity contribution in [1.29, 1.82) is 0 Å². The van der Waals surface area contributed by atoms with Crippen LogP contribution in [0.15, 0.2) is 175 Å². The first-order valence-electron chi connectivity index (χ1n) is 17.1. The second-order valence-corrected chi connectivity index (χ2v) is 13.1. The van der Waals surface area contributed by atoms with E-state index >= 15 is 0 Å². The van der Waals surface area contributed by atoms with E-state index in [-0.39, 0.29) is 0 Å². The summed E-state index contributed by atoms with van der Waals surface area (Å²) in [6, 6.07) is 56.1. The Morgan fingerprint density at radius 1 is 0.333 bits per heavy atom. The third kappa shape index (κ3) is 4.22. The van der Waals surface area contributed by atoms with Crippen molar-refractivity contribution < 1.29 is 4.42 Å². The van der Waals surface area contributed by atoms with E-state index in [2.05, 4.69) is 167 Å². The highest BCUT2D eigenvalue weighted by atomic mass is 16.3. The molecule has 0 amide bonds. The summed E-state index contributed by atoms with van der Waals surface area (Å²) < 4.78 is 10.8. The smallest absolute Gasteiger partial charge is 0.229 e. The molecule has 11 aromatic rings. The van der Waals surface area contributed by atoms with Gasteiger partial charge in [-0.05, 0) is 83.9 Å². The molecule has 51 heavy (non-hydrogen) atoms. The van der Waals surface area contributed by atoms with E-state index in [4.69, 9.17) is 14.4 Å². The molecule has 11 rings (SSSR count). The van der Waals surface area contributed by atoms with Gasteiger partial charge in [-0.2, -0.15) is 0 Å². The highest BCUT2D eigenvalue weighted by molar-refractivity contribution is 6.12. The zero-order valence-electron chi connectivity index (χ0n) is 27.4. The largest absolute Gasteiger partial charge is 0.419 e. The van der Waals surface area contributed by atoms with Gasteiger partial charge < -0.3 is 13.6 Å². The van der Waals surface area contributed by atoms with Crippen molar-refractivity contribution in [2.24, 2.45) is 0 Å². The fraction of sp³-hybridized carbons (Fsp3) is 0. The van der Waals surface area contributed by atoms with E-state index in [0.717, 1.165) is 44.4 Å². The van der Waals surface area contributed by atoms with Crippen LogP contribution in [-0.4, -0.2) is 19.1 Å². The van der Waals surface area contributed by atoms with Gasteiger partial charge in [-0.3, -0.25) is 0 Å². The predicted octanol–water partition coefficient (Wildman–Crippen LogP) is 11.9. The summed E-state index contributed by atoms with van der Waals surface area (Å²) in [6.45, 7) is 0. The molecule has 6 aromatic carbocycles. The molecular formula is C46H28N4O. The van der Waals surface area contributed by atoms with E-state index in [1.807, 2.05) is 12.4 Å². The Balaban J connectivity index is 1.04. The lowest BCUT2D eigenvalue weighted by molar-refractivity contribution is 0.640. The van der Waals surface area contributed by atoms with Crippen molar-refractivity contribution in [3.63, 3.8) is 0 Å². The first kappa shape index (κ1) is 27.9. The molecule has 5 heterocycles. The quantitative estimate of drug-likeness (QED) is 0.190. The zero-order valence-corrected chi connectivity index (χ0v) is 27.4. The van der Waals surface area contributed by atoms with E-state index in [0.29, 0.717) is 11.4 Å². The minimum atomic E-state index is 0.585. The molecule has 0 bridgehead atoms. The van der Waals surface area contributed by atoms with Gasteiger partial charge in [0.15, 0.2) is 0 Å². The number of furan rings is 1. The number of para-hydroxylation sites is 4. The van der Waals surface area contributed by atoms with Crippen molar-refractivity contribution in [3.05, 3.63) is 170 Å². The second-order valence-electron chi connectivity index (χ2n) is 13.1. The minimum Gasteiger partial charge on any atom is -0.419 e. The Morgan fingerprint density at radius 3 is 1.20 bits per heavy atom. The van der Waals surface area contributed by atoms with Crippen LogP contribution >= 0.6 is 0 Å². The molecule has 0 aliphatic heterocycles. The summed E-state index contributed by atoms with van der Waals surface area (Å²) in [6.07, 6.45) is 3.80. The topological polar surface area (TPSA) is 48.8 Å². The Morgan fingerprint density at radius 2 is 0.725 bits per heavy atom. The van der Waals surface area contributed by atoms with Crippen LogP contribution in [0.1, 0.15) is 0 Å². The molecular weight excluding hydrogens is 625 g/mol. The second kappa shape index (κ2) is 10.8. The summed E-state index contributed by atoms with van der Waals surface area (Å²) in [5.41, 5.74) is 12.5. The molecule has 0 N–H and O–H groups in total. The molecule has 238 valence electrons. The molecule has 0 radical (unpaired) electrons. The SMILES string of the molecule is c1ccc(-n2c3ccccc3c3cc(-c4cnc5oc6ncc(-c7ccc8c(c7)c7ccccc7n8-c7ccccc7)cc6c5c4)ccc32)cc1. The van der Waals surface area contributed by atoms with Crippen LogP contribution in [0.5, 0.6) is 0 Å². The summed E-state index contributed by atoms with van der Waals surface area (Å²) in [5, 5.41) is 6.75. The summed E-state index contributed by atoms with van der Waals surface area (Å²) >= 11 is 0. The summed E-state index contributed by atoms with van der Waals surface area (Å²) in [7, 11) is 0. The van der Waals surface area contributed by atoms with Crippen LogP contribution in [0.2, 0.25) is 0 Å². The number of benzene rings is 6. The Bertz CT molecular complexity index is 2920. The van der Waals surface area contributed by atoms with Crippen molar-refractivity contribution in [2.75, 3.05) is 0 Å². The molecule has 0 aliphatic rings. The average Bonchev–Trinajstić information content (AvgIpc) is 3.85. The van der Waals surface area contributed by atoms with Crippen LogP contribution in [0.25, 0.3) is 99.4 Å². The third-order valence-corrected chi connectivity index (χ3v) is 10.2. The van der Waals surface area contributed by atoms with Gasteiger partial charge in [-0.25, -0.2) is 9.97 Å². The van der Waals surface area contributed by atoms with E-state index in [1.165, 1.54) is 43.6 Å². The Hall–Kier alpha value is -6.98. The zero-order chi connectivity index (χ0) is 33.5. The number of rotatable bonds is 4. The molecule has 0 spiro atoms. The maximum Gasteiger partial charge on any atom is 0.229 e. The summed E-state index contributed by atoms with van der Waals surface area (Å²) in [5.74, 6) is 0. The number of hydrogen-bond donors (Lipinski definition) is 0. The third-order valence-electron chi connectivity index (χ3n) is 10.2. The highest BCUT2D eigenvalue weighted by Gasteiger charge is 2.17. The normalized spacial score (nSPS) is 11.9. The van der Waals surface area contributed by atoms with E-state index < -0.39 is 0 Å². The first-order valence-corrected chi connectivity index (χ1v) is 17.1. The van der Waals surface area contributed by atoms with Crippen LogP contribution in [-0.2, 0) is 0 Å². The van der Waals surface area contributed by atoms with Crippen molar-refractivity contribution in [1.82, 2.24) is 19.1 Å². The maximum atomic E-state index is 6.17. The Kier molecular flexibility index (Phi) is 5.89. The molecule has 5 nitrogen and oxygen atoms in total. The van der Waals surface area contributed by atoms with Gasteiger partial charge in [0.05, 0.1) is 32.8 Å². The molecule has 0 fully saturated rings. The van der Waals surface area contributed by atoms with Crippen LogP contribution in [0.4, 0.5) is 0 Å². The maximum absolute atomic E-state index is 6.17. The van der Waals surface area contributed by atoms with E-state index in [9.17, 15) is 0 Å². The lowest BCUT2D eigenvalue weighted by atomic mass is 10.0. The Labute approximate surface area is 292 Å². The van der Waals surface area contributed by atoms with Crippen molar-refractivity contribution in [3.8, 4) is 33.6 Å². The van der Waals surface area contributed by atoms with Gasteiger partial charge in [-0.1, -0.05) is 84.9 Å². The molecule has 5 heteroatoms. The van der Waals surface area contributed by atoms with Gasteiger partial charge in [0.2, 0.25) is 11.4 Å². The number of fused-ring (bicyclic) bond motifs is 9. The first-order chi connectivity index (χ1) is 25.3. The molecule has 5 aromatic heterocycles. The van der Waals surface area contributed by atoms with Gasteiger partial charge in [-0.15, -0.1) is 0 Å². The van der Waals surface area contributed by atoms with Crippen LogP contribution in [0.3, 0.4) is 0 Å². The fourth-order valence-electron chi connectivity index (χ4n) is 7.88. The minimum absolute atomic E-state index is 0.585. The molecule has 0 aliphatic carbocycles. The monoisotopic (exact) mass is 652 g/mol. The lowest BCUT2D eigenvalue weighted by Gasteiger charge is -2.08. The number of hydrogen-bond acceptors (Lipinski definition) is 3. The molecule has 0 saturated heterocycles. The van der Waals surface area contributed by atoms with Gasteiger partial charge in [0, 0.05) is 56.4 Å². The van der Waals surface area contributed by atoms with Crippen molar-refractivity contribution in [2.45, 2.75) is 0 Å². The number of pyridine rings is 2.